The minimum Gasteiger partial charge on any atom is -0.437 e. The maximum Gasteiger partial charge on any atom is 0.451 e. The zero-order chi connectivity index (χ0) is 15.6. The Morgan fingerprint density at radius 2 is 2.14 bits per heavy atom. The summed E-state index contributed by atoms with van der Waals surface area (Å²) in [5.41, 5.74) is 4.64. The number of primary amides is 1. The molecule has 0 aromatic carbocycles. The van der Waals surface area contributed by atoms with Gasteiger partial charge in [-0.3, -0.25) is 0 Å². The second kappa shape index (κ2) is 5.34. The summed E-state index contributed by atoms with van der Waals surface area (Å²) in [4.78, 5) is 20.8. The highest BCUT2D eigenvalue weighted by atomic mass is 19.4. The first kappa shape index (κ1) is 14.7. The summed E-state index contributed by atoms with van der Waals surface area (Å²) >= 11 is 0. The predicted molar refractivity (Wildman–Crippen MR) is 59.4 cm³/mol. The molecule has 0 aliphatic rings. The average Bonchev–Trinajstić information content (AvgIpc) is 2.86. The monoisotopic (exact) mass is 303 g/mol. The van der Waals surface area contributed by atoms with E-state index in [-0.39, 0.29) is 17.4 Å². The molecule has 11 heteroatoms. The van der Waals surface area contributed by atoms with Crippen LogP contribution in [0.25, 0.3) is 11.5 Å². The van der Waals surface area contributed by atoms with Crippen LogP contribution in [0.4, 0.5) is 18.0 Å². The lowest BCUT2D eigenvalue weighted by Gasteiger charge is -2.05. The van der Waals surface area contributed by atoms with Gasteiger partial charge in [0.05, 0.1) is 0 Å². The topological polar surface area (TPSA) is 117 Å². The molecule has 0 spiro atoms. The van der Waals surface area contributed by atoms with Crippen molar-refractivity contribution in [3.63, 3.8) is 0 Å². The molecule has 8 nitrogen and oxygen atoms in total. The minimum absolute atomic E-state index is 0.129. The third-order valence-electron chi connectivity index (χ3n) is 2.22. The summed E-state index contributed by atoms with van der Waals surface area (Å²) in [6, 6.07) is 1.18. The van der Waals surface area contributed by atoms with Gasteiger partial charge in [0.1, 0.15) is 5.69 Å². The van der Waals surface area contributed by atoms with E-state index in [1.807, 2.05) is 0 Å². The maximum atomic E-state index is 12.5. The van der Waals surface area contributed by atoms with Gasteiger partial charge in [-0.15, -0.1) is 0 Å². The number of alkyl halides is 3. The molecular formula is C10H8F3N5O3. The second-order valence-electron chi connectivity index (χ2n) is 3.80. The zero-order valence-corrected chi connectivity index (χ0v) is 10.5. The smallest absolute Gasteiger partial charge is 0.437 e. The van der Waals surface area contributed by atoms with E-state index >= 15 is 0 Å². The molecule has 2 rings (SSSR count). The van der Waals surface area contributed by atoms with Crippen molar-refractivity contribution in [3.05, 3.63) is 24.0 Å². The van der Waals surface area contributed by atoms with Gasteiger partial charge < -0.3 is 15.0 Å². The maximum absolute atomic E-state index is 12.5. The van der Waals surface area contributed by atoms with Gasteiger partial charge >= 0.3 is 12.3 Å². The third-order valence-corrected chi connectivity index (χ3v) is 2.22. The van der Waals surface area contributed by atoms with Gasteiger partial charge in [-0.2, -0.15) is 18.2 Å². The van der Waals surface area contributed by atoms with E-state index in [9.17, 15) is 18.0 Å². The lowest BCUT2D eigenvalue weighted by Crippen LogP contribution is -2.15. The Morgan fingerprint density at radius 3 is 2.76 bits per heavy atom. The van der Waals surface area contributed by atoms with E-state index in [0.29, 0.717) is 0 Å². The van der Waals surface area contributed by atoms with Crippen molar-refractivity contribution in [1.29, 1.82) is 0 Å². The molecule has 2 heterocycles. The highest BCUT2D eigenvalue weighted by Crippen LogP contribution is 2.27. The first-order valence-electron chi connectivity index (χ1n) is 5.47. The first-order chi connectivity index (χ1) is 9.77. The molecule has 1 amide bonds. The molecule has 2 aromatic rings. The number of nitrogens with two attached hydrogens (primary N) is 1. The van der Waals surface area contributed by atoms with E-state index < -0.39 is 24.2 Å². The molecule has 21 heavy (non-hydrogen) atoms. The molecule has 0 bridgehead atoms. The number of halogens is 3. The number of ether oxygens (including phenoxy) is 1. The fraction of sp³-hybridized carbons (Fsp3) is 0.300. The number of carbonyl (C=O) groups excluding carboxylic acids is 1. The van der Waals surface area contributed by atoms with Crippen molar-refractivity contribution in [2.45, 2.75) is 19.2 Å². The van der Waals surface area contributed by atoms with Crippen LogP contribution >= 0.6 is 0 Å². The van der Waals surface area contributed by atoms with Gasteiger partial charge in [0.2, 0.25) is 11.6 Å². The number of aromatic nitrogens is 4. The Balaban J connectivity index is 2.28. The molecule has 0 aliphatic carbocycles. The lowest BCUT2D eigenvalue weighted by molar-refractivity contribution is -0.144. The van der Waals surface area contributed by atoms with Crippen LogP contribution in [-0.2, 0) is 10.9 Å². The van der Waals surface area contributed by atoms with E-state index in [1.165, 1.54) is 13.0 Å². The van der Waals surface area contributed by atoms with Crippen molar-refractivity contribution in [2.75, 3.05) is 0 Å². The summed E-state index contributed by atoms with van der Waals surface area (Å²) in [5, 5.41) is 3.46. The molecule has 1 atom stereocenters. The van der Waals surface area contributed by atoms with E-state index in [1.54, 1.807) is 0 Å². The van der Waals surface area contributed by atoms with Crippen molar-refractivity contribution >= 4 is 6.09 Å². The zero-order valence-electron chi connectivity index (χ0n) is 10.5. The summed E-state index contributed by atoms with van der Waals surface area (Å²) in [7, 11) is 0. The fourth-order valence-electron chi connectivity index (χ4n) is 1.35. The molecule has 0 saturated carbocycles. The van der Waals surface area contributed by atoms with Crippen LogP contribution in [0.2, 0.25) is 0 Å². The predicted octanol–water partition coefficient (Wildman–Crippen LogP) is 1.70. The van der Waals surface area contributed by atoms with Crippen LogP contribution in [0.15, 0.2) is 16.8 Å². The van der Waals surface area contributed by atoms with E-state index in [0.717, 1.165) is 6.20 Å². The standard InChI is InChI=1S/C10H8F3N5O3/c1-4(20-9(14)19)7-17-6(18-21-7)5-2-3-15-8(16-5)10(11,12)13/h2-4H,1H3,(H2,14,19)/t4-/m0/s1. The molecule has 2 aromatic heterocycles. The van der Waals surface area contributed by atoms with Crippen LogP contribution in [-0.4, -0.2) is 26.2 Å². The Morgan fingerprint density at radius 1 is 1.43 bits per heavy atom. The summed E-state index contributed by atoms with van der Waals surface area (Å²) in [6.45, 7) is 1.41. The van der Waals surface area contributed by atoms with Gasteiger partial charge in [-0.25, -0.2) is 14.8 Å². The normalized spacial score (nSPS) is 13.0. The third kappa shape index (κ3) is 3.43. The minimum atomic E-state index is -4.69. The number of rotatable bonds is 3. The van der Waals surface area contributed by atoms with Crippen LogP contribution in [0.1, 0.15) is 24.7 Å². The lowest BCUT2D eigenvalue weighted by atomic mass is 10.3. The highest BCUT2D eigenvalue weighted by Gasteiger charge is 2.35. The van der Waals surface area contributed by atoms with E-state index in [4.69, 9.17) is 10.3 Å². The van der Waals surface area contributed by atoms with Crippen LogP contribution in [0.5, 0.6) is 0 Å². The highest BCUT2D eigenvalue weighted by molar-refractivity contribution is 5.64. The first-order valence-corrected chi connectivity index (χ1v) is 5.47. The summed E-state index contributed by atoms with van der Waals surface area (Å²) < 4.78 is 46.9. The Kier molecular flexibility index (Phi) is 3.74. The Bertz CT molecular complexity index is 657. The number of amides is 1. The molecule has 0 unspecified atom stereocenters. The van der Waals surface area contributed by atoms with Crippen molar-refractivity contribution in [3.8, 4) is 11.5 Å². The van der Waals surface area contributed by atoms with Gasteiger partial charge in [0.25, 0.3) is 5.89 Å². The molecule has 0 aliphatic heterocycles. The molecule has 2 N–H and O–H groups in total. The average molecular weight is 303 g/mol. The largest absolute Gasteiger partial charge is 0.451 e. The Labute approximate surface area is 115 Å². The van der Waals surface area contributed by atoms with Gasteiger partial charge in [0.15, 0.2) is 6.10 Å². The molecule has 0 radical (unpaired) electrons. The van der Waals surface area contributed by atoms with Crippen LogP contribution in [0, 0.1) is 0 Å². The SMILES string of the molecule is C[C@H](OC(N)=O)c1nc(-c2ccnc(C(F)(F)F)n2)no1. The van der Waals surface area contributed by atoms with Crippen molar-refractivity contribution < 1.29 is 27.2 Å². The Hall–Kier alpha value is -2.72. The molecular weight excluding hydrogens is 295 g/mol. The fourth-order valence-corrected chi connectivity index (χ4v) is 1.35. The number of carbonyl (C=O) groups is 1. The summed E-state index contributed by atoms with van der Waals surface area (Å²) in [5.74, 6) is -1.65. The van der Waals surface area contributed by atoms with Crippen molar-refractivity contribution in [1.82, 2.24) is 20.1 Å². The van der Waals surface area contributed by atoms with Crippen molar-refractivity contribution in [2.24, 2.45) is 5.73 Å². The van der Waals surface area contributed by atoms with Gasteiger partial charge in [-0.05, 0) is 13.0 Å². The number of nitrogens with zero attached hydrogens (tertiary/aromatic N) is 4. The molecule has 0 saturated heterocycles. The van der Waals surface area contributed by atoms with Crippen LogP contribution in [0.3, 0.4) is 0 Å². The van der Waals surface area contributed by atoms with E-state index in [2.05, 4.69) is 24.8 Å². The van der Waals surface area contributed by atoms with Gasteiger partial charge in [0, 0.05) is 6.20 Å². The summed E-state index contributed by atoms with van der Waals surface area (Å²) in [6.07, 6.45) is -5.76. The quantitative estimate of drug-likeness (QED) is 0.916. The second-order valence-corrected chi connectivity index (χ2v) is 3.80. The van der Waals surface area contributed by atoms with Crippen LogP contribution < -0.4 is 5.73 Å². The number of hydrogen-bond donors (Lipinski definition) is 1. The number of hydrogen-bond acceptors (Lipinski definition) is 7. The van der Waals surface area contributed by atoms with Gasteiger partial charge in [-0.1, -0.05) is 5.16 Å². The molecule has 0 fully saturated rings. The molecule has 112 valence electrons.